The van der Waals surface area contributed by atoms with E-state index < -0.39 is 135 Å². The molecule has 0 aromatic heterocycles. The third kappa shape index (κ3) is 20.6. The normalized spacial score (nSPS) is 42.9. The van der Waals surface area contributed by atoms with Crippen LogP contribution in [0.1, 0.15) is 84.5 Å². The van der Waals surface area contributed by atoms with Crippen LogP contribution in [0.3, 0.4) is 0 Å². The van der Waals surface area contributed by atoms with E-state index in [1.807, 2.05) is 43.4 Å². The predicted molar refractivity (Wildman–Crippen MR) is 252 cm³/mol. The molecule has 0 saturated carbocycles. The molecular weight excluding hydrogens is 901 g/mol. The average Bonchev–Trinajstić information content (AvgIpc) is 3.27. The second-order valence-corrected chi connectivity index (χ2v) is 18.8. The first-order valence-corrected chi connectivity index (χ1v) is 24.1. The first-order valence-electron chi connectivity index (χ1n) is 24.1. The topological polar surface area (TPSA) is 321 Å². The third-order valence-corrected chi connectivity index (χ3v) is 12.6. The number of hydrogen-bond acceptors (Lipinski definition) is 18. The lowest BCUT2D eigenvalue weighted by Gasteiger charge is -2.46. The summed E-state index contributed by atoms with van der Waals surface area (Å²) in [6.45, 7) is 4.08. The van der Waals surface area contributed by atoms with E-state index in [0.29, 0.717) is 26.1 Å². The van der Waals surface area contributed by atoms with Gasteiger partial charge in [-0.15, -0.1) is 0 Å². The van der Waals surface area contributed by atoms with Crippen molar-refractivity contribution in [2.45, 2.75) is 182 Å². The Balaban J connectivity index is 1.58. The smallest absolute Gasteiger partial charge is 0.308 e. The number of allylic oxidation sites excluding steroid dienone is 12. The lowest BCUT2D eigenvalue weighted by Crippen LogP contribution is -2.60. The molecule has 19 heteroatoms. The number of aliphatic hydroxyl groups is 10. The number of aliphatic hydroxyl groups excluding tert-OH is 9. The molecule has 0 radical (unpaired) electrons. The summed E-state index contributed by atoms with van der Waals surface area (Å²) in [6, 6.07) is -1.36. The van der Waals surface area contributed by atoms with Crippen molar-refractivity contribution < 1.29 is 84.3 Å². The van der Waals surface area contributed by atoms with Crippen molar-refractivity contribution in [2.75, 3.05) is 19.8 Å². The van der Waals surface area contributed by atoms with Crippen LogP contribution >= 0.6 is 0 Å². The number of rotatable bonds is 4. The molecule has 4 rings (SSSR count). The van der Waals surface area contributed by atoms with Crippen LogP contribution in [0.4, 0.5) is 0 Å². The summed E-state index contributed by atoms with van der Waals surface area (Å²) in [7, 11) is 0. The van der Waals surface area contributed by atoms with E-state index >= 15 is 0 Å². The fourth-order valence-electron chi connectivity index (χ4n) is 8.65. The maximum Gasteiger partial charge on any atom is 0.308 e. The van der Waals surface area contributed by atoms with Crippen LogP contribution < -0.4 is 11.1 Å². The van der Waals surface area contributed by atoms with Gasteiger partial charge in [-0.25, -0.2) is 0 Å². The molecule has 0 aliphatic carbocycles. The number of cyclic esters (lactones) is 1. The van der Waals surface area contributed by atoms with E-state index in [2.05, 4.69) is 5.32 Å². The summed E-state index contributed by atoms with van der Waals surface area (Å²) in [5.74, 6) is -5.04. The summed E-state index contributed by atoms with van der Waals surface area (Å²) >= 11 is 0. The van der Waals surface area contributed by atoms with Crippen molar-refractivity contribution >= 4 is 11.9 Å². The minimum Gasteiger partial charge on any atom is -0.462 e. The summed E-state index contributed by atoms with van der Waals surface area (Å²) in [6.07, 6.45) is 7.14. The molecule has 4 heterocycles. The van der Waals surface area contributed by atoms with E-state index in [4.69, 9.17) is 29.4 Å². The second-order valence-electron chi connectivity index (χ2n) is 18.8. The van der Waals surface area contributed by atoms with Crippen LogP contribution in [0.2, 0.25) is 0 Å². The van der Waals surface area contributed by atoms with E-state index in [1.54, 1.807) is 55.5 Å². The molecule has 4 aliphatic rings. The Bertz CT molecular complexity index is 1750. The zero-order valence-corrected chi connectivity index (χ0v) is 39.7. The maximum absolute atomic E-state index is 14.0. The second kappa shape index (κ2) is 29.8. The maximum atomic E-state index is 14.0. The molecule has 69 heavy (non-hydrogen) atoms. The number of esters is 1. The number of hydrogen-bond donors (Lipinski definition) is 12. The molecule has 13 N–H and O–H groups in total. The van der Waals surface area contributed by atoms with Gasteiger partial charge in [-0.3, -0.25) is 9.59 Å². The lowest BCUT2D eigenvalue weighted by atomic mass is 9.82. The van der Waals surface area contributed by atoms with E-state index in [-0.39, 0.29) is 50.7 Å². The van der Waals surface area contributed by atoms with Crippen LogP contribution in [-0.2, 0) is 33.3 Å². The van der Waals surface area contributed by atoms with Crippen molar-refractivity contribution in [3.63, 3.8) is 0 Å². The van der Waals surface area contributed by atoms with Crippen molar-refractivity contribution in [1.29, 1.82) is 0 Å². The molecule has 4 aliphatic heterocycles. The minimum absolute atomic E-state index is 0.0885. The fourth-order valence-corrected chi connectivity index (χ4v) is 8.65. The standard InChI is InChI=1S/C50H78N2O17/c1-31-15-13-11-9-7-5-3-4-6-8-10-12-14-16-37(68-49-47(62)46(51)42(60)30-66-49)27-43-45(48(63)52-33-19-21-65-22-20-33)41(59)29-50(64,69-43)28-36(55)25-40(58)38(56)18-17-34(53)24-35(54)26-44(61)67-32(2)23-39(31)57/h3-16,31-43,45-47,49,53-60,62,64H,17-30,51H2,1-2H3,(H,52,63)/b4-3+,7-5+,8-6+,11-9+,12-10+,15-13+,16-14+/t31-,32-,34?,35?,36?,37?,38?,39-,40?,41-,42+,43-,45+,46-,47-,49-,50?/m0/s1. The number of carbonyl (C=O) groups is 2. The Labute approximate surface area is 404 Å². The highest BCUT2D eigenvalue weighted by atomic mass is 16.7. The molecule has 7 unspecified atom stereocenters. The van der Waals surface area contributed by atoms with Crippen molar-refractivity contribution in [2.24, 2.45) is 17.6 Å². The molecule has 3 fully saturated rings. The number of fused-ring (bicyclic) bond motifs is 2. The van der Waals surface area contributed by atoms with Gasteiger partial charge in [0.05, 0.1) is 86.0 Å². The molecule has 390 valence electrons. The van der Waals surface area contributed by atoms with Crippen LogP contribution in [-0.4, -0.2) is 180 Å². The minimum atomic E-state index is -2.26. The highest BCUT2D eigenvalue weighted by molar-refractivity contribution is 5.80. The van der Waals surface area contributed by atoms with Crippen LogP contribution in [0.5, 0.6) is 0 Å². The summed E-state index contributed by atoms with van der Waals surface area (Å²) < 4.78 is 28.8. The lowest BCUT2D eigenvalue weighted by molar-refractivity contribution is -0.304. The van der Waals surface area contributed by atoms with Crippen molar-refractivity contribution in [1.82, 2.24) is 5.32 Å². The number of nitrogens with one attached hydrogen (secondary N) is 1. The Kier molecular flexibility index (Phi) is 25.1. The SMILES string of the molecule is C[C@H]1C[C@H](O)[C@@H](C)/C=C/C=C/C=C/C=C/C=C/C=C/C=C/C(O[C@@H]2OC[C@@H](O)[C@H](N)[C@@H]2O)C[C@@H]2OC(O)(CC(O)CC(O)C(O)CCC(O)CC(O)CC(=O)O1)C[C@H](O)[C@H]2C(=O)NC1CCOCC1. The quantitative estimate of drug-likeness (QED) is 0.169. The van der Waals surface area contributed by atoms with Gasteiger partial charge in [-0.05, 0) is 39.0 Å². The summed E-state index contributed by atoms with van der Waals surface area (Å²) in [5.41, 5.74) is 6.03. The molecular formula is C50H78N2O17. The molecule has 0 aromatic carbocycles. The van der Waals surface area contributed by atoms with Gasteiger partial charge in [0.1, 0.15) is 12.2 Å². The molecule has 2 bridgehead atoms. The van der Waals surface area contributed by atoms with Gasteiger partial charge in [0, 0.05) is 57.3 Å². The Morgan fingerprint density at radius 2 is 1.29 bits per heavy atom. The number of carbonyl (C=O) groups excluding carboxylic acids is 2. The van der Waals surface area contributed by atoms with Crippen LogP contribution in [0.15, 0.2) is 85.1 Å². The monoisotopic (exact) mass is 979 g/mol. The zero-order valence-electron chi connectivity index (χ0n) is 39.7. The number of amides is 1. The van der Waals surface area contributed by atoms with Gasteiger partial charge >= 0.3 is 5.97 Å². The van der Waals surface area contributed by atoms with E-state index in [0.717, 1.165) is 0 Å². The van der Waals surface area contributed by atoms with Crippen LogP contribution in [0, 0.1) is 11.8 Å². The van der Waals surface area contributed by atoms with E-state index in [9.17, 15) is 60.7 Å². The number of nitrogens with two attached hydrogens (primary N) is 1. The average molecular weight is 979 g/mol. The van der Waals surface area contributed by atoms with Crippen molar-refractivity contribution in [3.8, 4) is 0 Å². The van der Waals surface area contributed by atoms with Gasteiger partial charge in [0.2, 0.25) is 5.91 Å². The largest absolute Gasteiger partial charge is 0.462 e. The first-order chi connectivity index (χ1) is 32.8. The molecule has 3 saturated heterocycles. The Hall–Kier alpha value is -3.48. The van der Waals surface area contributed by atoms with Crippen LogP contribution in [0.25, 0.3) is 0 Å². The van der Waals surface area contributed by atoms with Gasteiger partial charge in [0.15, 0.2) is 12.1 Å². The summed E-state index contributed by atoms with van der Waals surface area (Å²) in [5, 5.41) is 112. The zero-order chi connectivity index (χ0) is 50.5. The molecule has 17 atom stereocenters. The van der Waals surface area contributed by atoms with Crippen molar-refractivity contribution in [3.05, 3.63) is 85.1 Å². The Morgan fingerprint density at radius 1 is 0.681 bits per heavy atom. The van der Waals surface area contributed by atoms with Gasteiger partial charge in [-0.1, -0.05) is 92.0 Å². The molecule has 0 aromatic rings. The van der Waals surface area contributed by atoms with Gasteiger partial charge in [-0.2, -0.15) is 0 Å². The molecule has 0 spiro atoms. The highest BCUT2D eigenvalue weighted by Crippen LogP contribution is 2.38. The van der Waals surface area contributed by atoms with Gasteiger partial charge in [0.25, 0.3) is 0 Å². The number of ether oxygens (including phenoxy) is 5. The highest BCUT2D eigenvalue weighted by Gasteiger charge is 2.51. The fraction of sp³-hybridized carbons (Fsp3) is 0.680. The third-order valence-electron chi connectivity index (χ3n) is 12.6. The van der Waals surface area contributed by atoms with E-state index in [1.165, 1.54) is 0 Å². The predicted octanol–water partition coefficient (Wildman–Crippen LogP) is 0.288. The first kappa shape index (κ1) is 58.1. The summed E-state index contributed by atoms with van der Waals surface area (Å²) in [4.78, 5) is 26.5. The Morgan fingerprint density at radius 3 is 1.93 bits per heavy atom. The molecule has 19 nitrogen and oxygen atoms in total. The molecule has 1 amide bonds. The van der Waals surface area contributed by atoms with Gasteiger partial charge < -0.3 is 85.8 Å².